The lowest BCUT2D eigenvalue weighted by molar-refractivity contribution is -0.117. The molecule has 0 unspecified atom stereocenters. The van der Waals surface area contributed by atoms with Crippen molar-refractivity contribution in [3.05, 3.63) is 53.7 Å². The Hall–Kier alpha value is -2.93. The van der Waals surface area contributed by atoms with E-state index in [9.17, 15) is 9.59 Å². The highest BCUT2D eigenvalue weighted by molar-refractivity contribution is 6.04. The van der Waals surface area contributed by atoms with Gasteiger partial charge in [0.2, 0.25) is 5.91 Å². The molecular formula is C20H24N4O3. The van der Waals surface area contributed by atoms with Crippen LogP contribution in [0.3, 0.4) is 0 Å². The largest absolute Gasteiger partial charge is 0.383 e. The van der Waals surface area contributed by atoms with Crippen molar-refractivity contribution >= 4 is 23.3 Å². The van der Waals surface area contributed by atoms with Gasteiger partial charge in [0.05, 0.1) is 30.9 Å². The Morgan fingerprint density at radius 1 is 1.33 bits per heavy atom. The third kappa shape index (κ3) is 4.25. The lowest BCUT2D eigenvalue weighted by Gasteiger charge is -2.30. The summed E-state index contributed by atoms with van der Waals surface area (Å²) >= 11 is 0. The summed E-state index contributed by atoms with van der Waals surface area (Å²) in [6, 6.07) is 11.5. The molecular weight excluding hydrogens is 344 g/mol. The van der Waals surface area contributed by atoms with Gasteiger partial charge in [-0.3, -0.25) is 9.59 Å². The summed E-state index contributed by atoms with van der Waals surface area (Å²) in [5, 5.41) is 3.02. The molecule has 1 aliphatic heterocycles. The predicted octanol–water partition coefficient (Wildman–Crippen LogP) is 2.15. The van der Waals surface area contributed by atoms with Crippen LogP contribution in [0.15, 0.2) is 42.6 Å². The van der Waals surface area contributed by atoms with Gasteiger partial charge in [0.1, 0.15) is 0 Å². The van der Waals surface area contributed by atoms with E-state index in [1.807, 2.05) is 37.3 Å². The quantitative estimate of drug-likeness (QED) is 0.811. The van der Waals surface area contributed by atoms with Gasteiger partial charge >= 0.3 is 0 Å². The molecule has 1 aliphatic rings. The van der Waals surface area contributed by atoms with Crippen LogP contribution < -0.4 is 10.2 Å². The molecule has 2 heterocycles. The van der Waals surface area contributed by atoms with Crippen LogP contribution in [0.2, 0.25) is 0 Å². The van der Waals surface area contributed by atoms with E-state index in [1.165, 1.54) is 0 Å². The maximum atomic E-state index is 12.8. The SMILES string of the molecule is CCN(CCOC)C(=O)c1cnc2c(c1)N(Cc1ccccc1)C(=O)CN2. The molecule has 0 saturated carbocycles. The fourth-order valence-electron chi connectivity index (χ4n) is 3.03. The number of nitrogens with one attached hydrogen (secondary N) is 1. The number of carbonyl (C=O) groups is 2. The van der Waals surface area contributed by atoms with Crippen molar-refractivity contribution in [3.63, 3.8) is 0 Å². The molecule has 0 atom stereocenters. The van der Waals surface area contributed by atoms with Crippen molar-refractivity contribution in [2.75, 3.05) is 43.6 Å². The van der Waals surface area contributed by atoms with E-state index in [1.54, 1.807) is 29.2 Å². The third-order valence-corrected chi connectivity index (χ3v) is 4.53. The van der Waals surface area contributed by atoms with E-state index in [-0.39, 0.29) is 18.4 Å². The van der Waals surface area contributed by atoms with Crippen molar-refractivity contribution in [1.82, 2.24) is 9.88 Å². The van der Waals surface area contributed by atoms with Crippen molar-refractivity contribution in [2.24, 2.45) is 0 Å². The number of nitrogens with zero attached hydrogens (tertiary/aromatic N) is 3. The normalized spacial score (nSPS) is 13.1. The molecule has 1 aromatic carbocycles. The summed E-state index contributed by atoms with van der Waals surface area (Å²) in [6.45, 7) is 4.10. The first kappa shape index (κ1) is 18.8. The summed E-state index contributed by atoms with van der Waals surface area (Å²) < 4.78 is 5.08. The third-order valence-electron chi connectivity index (χ3n) is 4.53. The van der Waals surface area contributed by atoms with Crippen LogP contribution >= 0.6 is 0 Å². The highest BCUT2D eigenvalue weighted by atomic mass is 16.5. The average molecular weight is 368 g/mol. The van der Waals surface area contributed by atoms with Crippen LogP contribution in [0.4, 0.5) is 11.5 Å². The number of hydrogen-bond donors (Lipinski definition) is 1. The maximum Gasteiger partial charge on any atom is 0.255 e. The highest BCUT2D eigenvalue weighted by Crippen LogP contribution is 2.30. The van der Waals surface area contributed by atoms with Crippen LogP contribution in [0.1, 0.15) is 22.8 Å². The van der Waals surface area contributed by atoms with E-state index < -0.39 is 0 Å². The highest BCUT2D eigenvalue weighted by Gasteiger charge is 2.27. The molecule has 0 spiro atoms. The predicted molar refractivity (Wildman–Crippen MR) is 104 cm³/mol. The molecule has 2 aromatic rings. The first-order chi connectivity index (χ1) is 13.1. The van der Waals surface area contributed by atoms with Gasteiger partial charge < -0.3 is 19.9 Å². The molecule has 1 N–H and O–H groups in total. The van der Waals surface area contributed by atoms with Crippen LogP contribution in [-0.2, 0) is 16.1 Å². The number of anilines is 2. The second-order valence-electron chi connectivity index (χ2n) is 6.29. The molecule has 3 rings (SSSR count). The van der Waals surface area contributed by atoms with E-state index in [4.69, 9.17) is 4.74 Å². The van der Waals surface area contributed by atoms with E-state index in [2.05, 4.69) is 10.3 Å². The molecule has 142 valence electrons. The first-order valence-electron chi connectivity index (χ1n) is 9.00. The minimum Gasteiger partial charge on any atom is -0.383 e. The average Bonchev–Trinajstić information content (AvgIpc) is 2.71. The zero-order valence-electron chi connectivity index (χ0n) is 15.6. The number of hydrogen-bond acceptors (Lipinski definition) is 5. The Kier molecular flexibility index (Phi) is 6.03. The van der Waals surface area contributed by atoms with E-state index in [0.29, 0.717) is 43.3 Å². The summed E-state index contributed by atoms with van der Waals surface area (Å²) in [5.74, 6) is 0.439. The number of pyridine rings is 1. The zero-order valence-corrected chi connectivity index (χ0v) is 15.6. The molecule has 0 saturated heterocycles. The molecule has 0 bridgehead atoms. The molecule has 0 fully saturated rings. The van der Waals surface area contributed by atoms with Gasteiger partial charge in [-0.2, -0.15) is 0 Å². The molecule has 1 aromatic heterocycles. The Morgan fingerprint density at radius 3 is 2.81 bits per heavy atom. The van der Waals surface area contributed by atoms with Crippen molar-refractivity contribution in [1.29, 1.82) is 0 Å². The van der Waals surface area contributed by atoms with Crippen LogP contribution in [0.5, 0.6) is 0 Å². The summed E-state index contributed by atoms with van der Waals surface area (Å²) in [5.41, 5.74) is 2.11. The zero-order chi connectivity index (χ0) is 19.2. The first-order valence-corrected chi connectivity index (χ1v) is 9.00. The molecule has 2 amide bonds. The number of rotatable bonds is 7. The Labute approximate surface area is 158 Å². The molecule has 7 nitrogen and oxygen atoms in total. The van der Waals surface area contributed by atoms with Crippen molar-refractivity contribution < 1.29 is 14.3 Å². The minimum absolute atomic E-state index is 0.0514. The lowest BCUT2D eigenvalue weighted by Crippen LogP contribution is -2.40. The smallest absolute Gasteiger partial charge is 0.255 e. The van der Waals surface area contributed by atoms with Gasteiger partial charge in [-0.1, -0.05) is 30.3 Å². The van der Waals surface area contributed by atoms with Gasteiger partial charge in [-0.15, -0.1) is 0 Å². The number of aromatic nitrogens is 1. The molecule has 0 aliphatic carbocycles. The van der Waals surface area contributed by atoms with Gasteiger partial charge in [0.15, 0.2) is 5.82 Å². The maximum absolute atomic E-state index is 12.8. The standard InChI is InChI=1S/C20H24N4O3/c1-3-23(9-10-27-2)20(26)16-11-17-19(21-12-16)22-13-18(25)24(17)14-15-7-5-4-6-8-15/h4-8,11-12H,3,9-10,13-14H2,1-2H3,(H,21,22). The number of fused-ring (bicyclic) bond motifs is 1. The minimum atomic E-state index is -0.123. The fourth-order valence-corrected chi connectivity index (χ4v) is 3.03. The van der Waals surface area contributed by atoms with Crippen LogP contribution in [0.25, 0.3) is 0 Å². The van der Waals surface area contributed by atoms with Gasteiger partial charge in [0, 0.05) is 26.4 Å². The van der Waals surface area contributed by atoms with Gasteiger partial charge in [-0.05, 0) is 18.6 Å². The number of benzene rings is 1. The number of methoxy groups -OCH3 is 1. The number of amides is 2. The Balaban J connectivity index is 1.89. The topological polar surface area (TPSA) is 74.8 Å². The summed E-state index contributed by atoms with van der Waals surface area (Å²) in [7, 11) is 1.61. The van der Waals surface area contributed by atoms with Crippen molar-refractivity contribution in [2.45, 2.75) is 13.5 Å². The van der Waals surface area contributed by atoms with E-state index in [0.717, 1.165) is 5.56 Å². The van der Waals surface area contributed by atoms with Gasteiger partial charge in [-0.25, -0.2) is 4.98 Å². The Morgan fingerprint density at radius 2 is 2.11 bits per heavy atom. The summed E-state index contributed by atoms with van der Waals surface area (Å²) in [4.78, 5) is 33.1. The van der Waals surface area contributed by atoms with Crippen LogP contribution in [-0.4, -0.2) is 55.0 Å². The monoisotopic (exact) mass is 368 g/mol. The van der Waals surface area contributed by atoms with Crippen LogP contribution in [0, 0.1) is 0 Å². The number of likely N-dealkylation sites (N-methyl/N-ethyl adjacent to an activating group) is 1. The second kappa shape index (κ2) is 8.64. The fraction of sp³-hybridized carbons (Fsp3) is 0.350. The molecule has 0 radical (unpaired) electrons. The summed E-state index contributed by atoms with van der Waals surface area (Å²) in [6.07, 6.45) is 1.56. The van der Waals surface area contributed by atoms with Gasteiger partial charge in [0.25, 0.3) is 5.91 Å². The molecule has 7 heteroatoms. The van der Waals surface area contributed by atoms with Crippen molar-refractivity contribution in [3.8, 4) is 0 Å². The lowest BCUT2D eigenvalue weighted by atomic mass is 10.1. The number of carbonyl (C=O) groups excluding carboxylic acids is 2. The number of ether oxygens (including phenoxy) is 1. The molecule has 27 heavy (non-hydrogen) atoms. The second-order valence-corrected chi connectivity index (χ2v) is 6.29. The van der Waals surface area contributed by atoms with E-state index >= 15 is 0 Å². The Bertz CT molecular complexity index is 810.